The van der Waals surface area contributed by atoms with Crippen LogP contribution in [0.2, 0.25) is 0 Å². The molecule has 1 amide bonds. The maximum atomic E-state index is 12.0. The van der Waals surface area contributed by atoms with Crippen LogP contribution in [0.1, 0.15) is 24.8 Å². The molecule has 0 aromatic heterocycles. The van der Waals surface area contributed by atoms with E-state index in [2.05, 4.69) is 5.32 Å². The molecule has 0 saturated carbocycles. The van der Waals surface area contributed by atoms with Gasteiger partial charge in [0, 0.05) is 19.6 Å². The van der Waals surface area contributed by atoms with Crippen molar-refractivity contribution in [1.82, 2.24) is 5.32 Å². The van der Waals surface area contributed by atoms with Gasteiger partial charge in [-0.15, -0.1) is 0 Å². The van der Waals surface area contributed by atoms with E-state index in [1.165, 1.54) is 0 Å². The Morgan fingerprint density at radius 3 is 2.30 bits per heavy atom. The van der Waals surface area contributed by atoms with E-state index in [0.29, 0.717) is 25.1 Å². The average Bonchev–Trinajstić information content (AvgIpc) is 3.25. The predicted octanol–water partition coefficient (Wildman–Crippen LogP) is 3.52. The molecule has 1 aliphatic heterocycles. The normalized spacial score (nSPS) is 15.5. The number of carbonyl (C=O) groups excluding carboxylic acids is 1. The second kappa shape index (κ2) is 9.79. The van der Waals surface area contributed by atoms with Crippen molar-refractivity contribution < 1.29 is 24.1 Å². The smallest absolute Gasteiger partial charge is 0.280 e. The zero-order valence-corrected chi connectivity index (χ0v) is 16.1. The Morgan fingerprint density at radius 2 is 1.73 bits per heavy atom. The van der Waals surface area contributed by atoms with Crippen molar-refractivity contribution in [3.8, 4) is 11.5 Å². The fourth-order valence-corrected chi connectivity index (χ4v) is 3.08. The Kier molecular flexibility index (Phi) is 6.91. The molecule has 10 heteroatoms. The van der Waals surface area contributed by atoms with E-state index in [9.17, 15) is 25.0 Å². The van der Waals surface area contributed by atoms with E-state index in [-0.39, 0.29) is 17.8 Å². The number of non-ortho nitro benzene ring substituents is 2. The highest BCUT2D eigenvalue weighted by Crippen LogP contribution is 2.30. The first kappa shape index (κ1) is 21.2. The molecule has 158 valence electrons. The van der Waals surface area contributed by atoms with E-state index < -0.39 is 21.2 Å². The second-order valence-electron chi connectivity index (χ2n) is 6.88. The average molecular weight is 415 g/mol. The molecule has 1 atom stereocenters. The van der Waals surface area contributed by atoms with Crippen LogP contribution in [0.25, 0.3) is 0 Å². The molecule has 2 aromatic carbocycles. The number of aryl methyl sites for hydroxylation is 1. The maximum absolute atomic E-state index is 12.0. The van der Waals surface area contributed by atoms with Gasteiger partial charge in [0.15, 0.2) is 0 Å². The predicted molar refractivity (Wildman–Crippen MR) is 107 cm³/mol. The number of carbonyl (C=O) groups is 1. The standard InChI is InChI=1S/C20H21N3O7/c24-20(21-13-18-2-1-9-29-18)8-5-14-3-6-17(7-4-14)30-19-11-15(22(25)26)10-16(12-19)23(27)28/h3-4,6-7,10-12,18H,1-2,5,8-9,13H2,(H,21,24)/t18-/m0/s1. The highest BCUT2D eigenvalue weighted by Gasteiger charge is 2.18. The molecule has 0 bridgehead atoms. The van der Waals surface area contributed by atoms with E-state index in [4.69, 9.17) is 9.47 Å². The molecule has 3 rings (SSSR count). The molecule has 1 aliphatic rings. The lowest BCUT2D eigenvalue weighted by atomic mass is 10.1. The molecule has 0 unspecified atom stereocenters. The summed E-state index contributed by atoms with van der Waals surface area (Å²) in [6.07, 6.45) is 2.98. The molecule has 1 fully saturated rings. The van der Waals surface area contributed by atoms with Gasteiger partial charge in [-0.3, -0.25) is 25.0 Å². The molecule has 0 aliphatic carbocycles. The Morgan fingerprint density at radius 1 is 1.07 bits per heavy atom. The van der Waals surface area contributed by atoms with Crippen molar-refractivity contribution >= 4 is 17.3 Å². The van der Waals surface area contributed by atoms with Crippen LogP contribution in [0.5, 0.6) is 11.5 Å². The summed E-state index contributed by atoms with van der Waals surface area (Å²) in [6.45, 7) is 1.28. The molecule has 0 spiro atoms. The third-order valence-corrected chi connectivity index (χ3v) is 4.65. The van der Waals surface area contributed by atoms with E-state index in [1.807, 2.05) is 0 Å². The summed E-state index contributed by atoms with van der Waals surface area (Å²) in [5, 5.41) is 24.8. The highest BCUT2D eigenvalue weighted by molar-refractivity contribution is 5.76. The van der Waals surface area contributed by atoms with Crippen LogP contribution in [0.15, 0.2) is 42.5 Å². The highest BCUT2D eigenvalue weighted by atomic mass is 16.6. The Hall–Kier alpha value is -3.53. The van der Waals surface area contributed by atoms with Gasteiger partial charge in [0.25, 0.3) is 11.4 Å². The molecule has 1 saturated heterocycles. The quantitative estimate of drug-likeness (QED) is 0.489. The molecule has 1 N–H and O–H groups in total. The van der Waals surface area contributed by atoms with Gasteiger partial charge in [-0.2, -0.15) is 0 Å². The molecule has 1 heterocycles. The third kappa shape index (κ3) is 5.98. The van der Waals surface area contributed by atoms with Crippen molar-refractivity contribution in [2.45, 2.75) is 31.8 Å². The number of rotatable bonds is 9. The number of benzene rings is 2. The number of nitro groups is 2. The minimum Gasteiger partial charge on any atom is -0.457 e. The molecular weight excluding hydrogens is 394 g/mol. The summed E-state index contributed by atoms with van der Waals surface area (Å²) >= 11 is 0. The van der Waals surface area contributed by atoms with Crippen LogP contribution in [-0.2, 0) is 16.0 Å². The Labute approximate surface area is 172 Å². The summed E-state index contributed by atoms with van der Waals surface area (Å²) in [6, 6.07) is 9.95. The second-order valence-corrected chi connectivity index (χ2v) is 6.88. The zero-order chi connectivity index (χ0) is 21.5. The van der Waals surface area contributed by atoms with Crippen LogP contribution in [-0.4, -0.2) is 35.0 Å². The minimum atomic E-state index is -0.715. The first-order valence-corrected chi connectivity index (χ1v) is 9.49. The lowest BCUT2D eigenvalue weighted by molar-refractivity contribution is -0.394. The first-order chi connectivity index (χ1) is 14.4. The Bertz CT molecular complexity index is 892. The summed E-state index contributed by atoms with van der Waals surface area (Å²) in [4.78, 5) is 32.4. The number of amides is 1. The van der Waals surface area contributed by atoms with Crippen LogP contribution in [0.4, 0.5) is 11.4 Å². The van der Waals surface area contributed by atoms with Crippen LogP contribution in [0.3, 0.4) is 0 Å². The van der Waals surface area contributed by atoms with Gasteiger partial charge in [-0.25, -0.2) is 0 Å². The van der Waals surface area contributed by atoms with Crippen LogP contribution in [0, 0.1) is 20.2 Å². The third-order valence-electron chi connectivity index (χ3n) is 4.65. The number of nitrogens with zero attached hydrogens (tertiary/aromatic N) is 2. The number of ether oxygens (including phenoxy) is 2. The Balaban J connectivity index is 1.54. The van der Waals surface area contributed by atoms with Crippen LogP contribution < -0.4 is 10.1 Å². The molecule has 2 aromatic rings. The maximum Gasteiger partial charge on any atom is 0.280 e. The van der Waals surface area contributed by atoms with Crippen molar-refractivity contribution in [2.24, 2.45) is 0 Å². The summed E-state index contributed by atoms with van der Waals surface area (Å²) in [5.41, 5.74) is 0.0642. The van der Waals surface area contributed by atoms with Gasteiger partial charge < -0.3 is 14.8 Å². The fourth-order valence-electron chi connectivity index (χ4n) is 3.08. The van der Waals surface area contributed by atoms with E-state index in [1.54, 1.807) is 24.3 Å². The lowest BCUT2D eigenvalue weighted by Crippen LogP contribution is -2.31. The van der Waals surface area contributed by atoms with Gasteiger partial charge in [0.2, 0.25) is 5.91 Å². The van der Waals surface area contributed by atoms with Gasteiger partial charge in [-0.05, 0) is 37.0 Å². The molecule has 0 radical (unpaired) electrons. The summed E-state index contributed by atoms with van der Waals surface area (Å²) in [7, 11) is 0. The van der Waals surface area contributed by atoms with Gasteiger partial charge in [0.05, 0.1) is 34.1 Å². The SMILES string of the molecule is O=C(CCc1ccc(Oc2cc([N+](=O)[O-])cc([N+](=O)[O-])c2)cc1)NC[C@@H]1CCCO1. The summed E-state index contributed by atoms with van der Waals surface area (Å²) in [5.74, 6) is 0.322. The lowest BCUT2D eigenvalue weighted by Gasteiger charge is -2.11. The molecule has 10 nitrogen and oxygen atoms in total. The largest absolute Gasteiger partial charge is 0.457 e. The number of hydrogen-bond donors (Lipinski definition) is 1. The van der Waals surface area contributed by atoms with Crippen molar-refractivity contribution in [1.29, 1.82) is 0 Å². The first-order valence-electron chi connectivity index (χ1n) is 9.49. The fraction of sp³-hybridized carbons (Fsp3) is 0.350. The van der Waals surface area contributed by atoms with Crippen molar-refractivity contribution in [2.75, 3.05) is 13.2 Å². The number of nitrogens with one attached hydrogen (secondary N) is 1. The van der Waals surface area contributed by atoms with Crippen molar-refractivity contribution in [3.63, 3.8) is 0 Å². The number of nitro benzene ring substituents is 2. The van der Waals surface area contributed by atoms with Gasteiger partial charge in [0.1, 0.15) is 11.5 Å². The van der Waals surface area contributed by atoms with Crippen molar-refractivity contribution in [3.05, 3.63) is 68.3 Å². The van der Waals surface area contributed by atoms with Gasteiger partial charge >= 0.3 is 0 Å². The van der Waals surface area contributed by atoms with Gasteiger partial charge in [-0.1, -0.05) is 12.1 Å². The van der Waals surface area contributed by atoms with Crippen LogP contribution >= 0.6 is 0 Å². The molecule has 30 heavy (non-hydrogen) atoms. The zero-order valence-electron chi connectivity index (χ0n) is 16.1. The summed E-state index contributed by atoms with van der Waals surface area (Å²) < 4.78 is 11.0. The molecular formula is C20H21N3O7. The van der Waals surface area contributed by atoms with E-state index >= 15 is 0 Å². The monoisotopic (exact) mass is 415 g/mol. The minimum absolute atomic E-state index is 0.00263. The topological polar surface area (TPSA) is 134 Å². The number of hydrogen-bond acceptors (Lipinski definition) is 7. The van der Waals surface area contributed by atoms with E-state index in [0.717, 1.165) is 43.2 Å².